The lowest BCUT2D eigenvalue weighted by molar-refractivity contribution is -0.135. The van der Waals surface area contributed by atoms with Crippen LogP contribution in [0.3, 0.4) is 0 Å². The second-order valence-electron chi connectivity index (χ2n) is 6.55. The number of nitrogens with one attached hydrogen (secondary N) is 1. The number of rotatable bonds is 5. The van der Waals surface area contributed by atoms with Gasteiger partial charge in [0.05, 0.1) is 21.4 Å². The van der Waals surface area contributed by atoms with Crippen molar-refractivity contribution < 1.29 is 19.1 Å². The minimum absolute atomic E-state index is 0.332. The van der Waals surface area contributed by atoms with Gasteiger partial charge in [-0.2, -0.15) is 0 Å². The molecule has 9 heteroatoms. The van der Waals surface area contributed by atoms with Crippen LogP contribution in [0.5, 0.6) is 5.75 Å². The van der Waals surface area contributed by atoms with Gasteiger partial charge in [0.2, 0.25) is 0 Å². The molecule has 0 spiro atoms. The molecule has 1 aromatic carbocycles. The molecular formula is C21H16N2O4S3. The summed E-state index contributed by atoms with van der Waals surface area (Å²) in [5.74, 6) is -0.897. The Bertz CT molecular complexity index is 1160. The van der Waals surface area contributed by atoms with Crippen molar-refractivity contribution in [1.29, 1.82) is 0 Å². The third-order valence-electron chi connectivity index (χ3n) is 4.31. The van der Waals surface area contributed by atoms with Gasteiger partial charge in [0.25, 0.3) is 11.1 Å². The molecule has 3 heterocycles. The molecule has 0 saturated carbocycles. The van der Waals surface area contributed by atoms with Crippen LogP contribution >= 0.6 is 34.4 Å². The zero-order chi connectivity index (χ0) is 21.3. The van der Waals surface area contributed by atoms with E-state index in [2.05, 4.69) is 10.3 Å². The number of esters is 1. The number of imide groups is 1. The van der Waals surface area contributed by atoms with Crippen molar-refractivity contribution in [1.82, 2.24) is 10.3 Å². The maximum atomic E-state index is 12.5. The van der Waals surface area contributed by atoms with E-state index < -0.39 is 17.8 Å². The number of carbonyl (C=O) groups excluding carboxylic acids is 3. The number of hydrogen-bond acceptors (Lipinski definition) is 8. The van der Waals surface area contributed by atoms with Crippen LogP contribution in [-0.2, 0) is 9.59 Å². The summed E-state index contributed by atoms with van der Waals surface area (Å²) in [7, 11) is 0. The Labute approximate surface area is 185 Å². The van der Waals surface area contributed by atoms with Gasteiger partial charge >= 0.3 is 5.97 Å². The molecule has 1 atom stereocenters. The van der Waals surface area contributed by atoms with E-state index in [4.69, 9.17) is 4.74 Å². The Morgan fingerprint density at radius 2 is 1.93 bits per heavy atom. The highest BCUT2D eigenvalue weighted by molar-refractivity contribution is 8.18. The normalized spacial score (nSPS) is 16.0. The van der Waals surface area contributed by atoms with Crippen LogP contribution in [-0.4, -0.2) is 22.1 Å². The number of ether oxygens (including phenoxy) is 1. The Kier molecular flexibility index (Phi) is 5.85. The maximum Gasteiger partial charge on any atom is 0.320 e. The molecule has 6 nitrogen and oxygen atoms in total. The molecule has 1 aliphatic heterocycles. The van der Waals surface area contributed by atoms with Gasteiger partial charge in [-0.3, -0.25) is 19.7 Å². The van der Waals surface area contributed by atoms with E-state index in [1.807, 2.05) is 24.4 Å². The first-order valence-corrected chi connectivity index (χ1v) is 11.5. The fourth-order valence-corrected chi connectivity index (χ4v) is 5.21. The van der Waals surface area contributed by atoms with Crippen LogP contribution < -0.4 is 10.1 Å². The average Bonchev–Trinajstić information content (AvgIpc) is 3.43. The van der Waals surface area contributed by atoms with Crippen molar-refractivity contribution >= 4 is 57.6 Å². The number of thiophene rings is 1. The number of nitrogens with zero attached hydrogens (tertiary/aromatic N) is 1. The van der Waals surface area contributed by atoms with E-state index >= 15 is 0 Å². The number of amides is 2. The molecule has 2 aromatic heterocycles. The molecule has 1 saturated heterocycles. The molecule has 3 aromatic rings. The summed E-state index contributed by atoms with van der Waals surface area (Å²) in [5, 5.41) is 4.61. The molecule has 2 amide bonds. The fraction of sp³-hybridized carbons (Fsp3) is 0.143. The molecule has 152 valence electrons. The topological polar surface area (TPSA) is 85.4 Å². The number of thiazole rings is 1. The Balaban J connectivity index is 1.41. The average molecular weight is 457 g/mol. The molecule has 1 fully saturated rings. The Morgan fingerprint density at radius 1 is 1.17 bits per heavy atom. The van der Waals surface area contributed by atoms with Crippen LogP contribution in [0.1, 0.15) is 29.0 Å². The van der Waals surface area contributed by atoms with Crippen LogP contribution in [0.25, 0.3) is 16.0 Å². The van der Waals surface area contributed by atoms with Gasteiger partial charge in [-0.25, -0.2) is 4.98 Å². The summed E-state index contributed by atoms with van der Waals surface area (Å²) in [5.41, 5.74) is 1.41. The number of hydrogen-bond donors (Lipinski definition) is 1. The highest BCUT2D eigenvalue weighted by Crippen LogP contribution is 2.32. The van der Waals surface area contributed by atoms with Gasteiger partial charge in [0.1, 0.15) is 10.8 Å². The quantitative estimate of drug-likeness (QED) is 0.322. The molecule has 4 rings (SSSR count). The lowest BCUT2D eigenvalue weighted by Crippen LogP contribution is -2.17. The molecular weight excluding hydrogens is 440 g/mol. The van der Waals surface area contributed by atoms with Crippen LogP contribution in [0, 0.1) is 6.92 Å². The molecule has 30 heavy (non-hydrogen) atoms. The molecule has 0 bridgehead atoms. The van der Waals surface area contributed by atoms with Crippen molar-refractivity contribution in [3.05, 3.63) is 62.8 Å². The van der Waals surface area contributed by atoms with E-state index in [0.717, 1.165) is 27.2 Å². The monoisotopic (exact) mass is 456 g/mol. The predicted molar refractivity (Wildman–Crippen MR) is 120 cm³/mol. The highest BCUT2D eigenvalue weighted by atomic mass is 32.2. The van der Waals surface area contributed by atoms with E-state index in [-0.39, 0.29) is 5.24 Å². The van der Waals surface area contributed by atoms with Crippen LogP contribution in [0.2, 0.25) is 0 Å². The van der Waals surface area contributed by atoms with Crippen molar-refractivity contribution in [3.8, 4) is 15.6 Å². The molecule has 1 aliphatic rings. The van der Waals surface area contributed by atoms with Crippen molar-refractivity contribution in [2.45, 2.75) is 19.8 Å². The van der Waals surface area contributed by atoms with Gasteiger partial charge in [0, 0.05) is 10.3 Å². The predicted octanol–water partition coefficient (Wildman–Crippen LogP) is 5.21. The molecule has 1 N–H and O–H groups in total. The zero-order valence-corrected chi connectivity index (χ0v) is 18.5. The van der Waals surface area contributed by atoms with Crippen molar-refractivity contribution in [2.75, 3.05) is 0 Å². The lowest BCUT2D eigenvalue weighted by Gasteiger charge is -2.09. The second kappa shape index (κ2) is 8.55. The minimum Gasteiger partial charge on any atom is -0.426 e. The number of thioether (sulfide) groups is 1. The molecule has 0 aliphatic carbocycles. The van der Waals surface area contributed by atoms with Crippen LogP contribution in [0.4, 0.5) is 4.79 Å². The molecule has 1 unspecified atom stereocenters. The van der Waals surface area contributed by atoms with E-state index in [1.54, 1.807) is 48.6 Å². The Morgan fingerprint density at radius 3 is 2.57 bits per heavy atom. The first-order valence-electron chi connectivity index (χ1n) is 8.98. The fourth-order valence-electron chi connectivity index (χ4n) is 2.68. The van der Waals surface area contributed by atoms with E-state index in [1.165, 1.54) is 16.2 Å². The maximum absolute atomic E-state index is 12.5. The summed E-state index contributed by atoms with van der Waals surface area (Å²) in [6, 6.07) is 10.8. The van der Waals surface area contributed by atoms with Crippen molar-refractivity contribution in [3.63, 3.8) is 0 Å². The zero-order valence-electron chi connectivity index (χ0n) is 16.0. The van der Waals surface area contributed by atoms with E-state index in [9.17, 15) is 14.4 Å². The van der Waals surface area contributed by atoms with Gasteiger partial charge in [-0.1, -0.05) is 12.1 Å². The van der Waals surface area contributed by atoms with Crippen molar-refractivity contribution in [2.24, 2.45) is 0 Å². The number of carbonyl (C=O) groups is 3. The first-order chi connectivity index (χ1) is 14.4. The minimum atomic E-state index is -0.498. The largest absolute Gasteiger partial charge is 0.426 e. The smallest absolute Gasteiger partial charge is 0.320 e. The third kappa shape index (κ3) is 4.53. The summed E-state index contributed by atoms with van der Waals surface area (Å²) < 4.78 is 5.48. The van der Waals surface area contributed by atoms with Gasteiger partial charge in [-0.05, 0) is 61.5 Å². The second-order valence-corrected chi connectivity index (χ2v) is 9.71. The number of benzene rings is 1. The van der Waals surface area contributed by atoms with E-state index in [0.29, 0.717) is 16.3 Å². The summed E-state index contributed by atoms with van der Waals surface area (Å²) in [6.45, 7) is 3.82. The number of aryl methyl sites for hydroxylation is 1. The van der Waals surface area contributed by atoms with Crippen LogP contribution in [0.15, 0.2) is 46.7 Å². The van der Waals surface area contributed by atoms with Gasteiger partial charge in [-0.15, -0.1) is 22.7 Å². The highest BCUT2D eigenvalue weighted by Gasteiger charge is 2.25. The standard InChI is InChI=1S/C21H16N2O4S3/c1-11-3-8-16(29-11)19-22-15(10-28-19)12(2)20(25)27-14-6-4-13(5-7-14)9-17-18(24)23-21(26)30-17/h3-10,12H,1-2H3,(H,23,24,26)/b17-9-. The SMILES string of the molecule is Cc1ccc(-c2nc(C(C)C(=O)Oc3ccc(/C=C4\SC(=O)NC4=O)cc3)cs2)s1. The number of aromatic nitrogens is 1. The lowest BCUT2D eigenvalue weighted by atomic mass is 10.1. The first kappa shape index (κ1) is 20.5. The summed E-state index contributed by atoms with van der Waals surface area (Å²) >= 11 is 4.04. The summed E-state index contributed by atoms with van der Waals surface area (Å²) in [6.07, 6.45) is 1.61. The summed E-state index contributed by atoms with van der Waals surface area (Å²) in [4.78, 5) is 42.6. The Hall–Kier alpha value is -2.75. The van der Waals surface area contributed by atoms with Gasteiger partial charge in [0.15, 0.2) is 0 Å². The van der Waals surface area contributed by atoms with Gasteiger partial charge < -0.3 is 4.74 Å². The third-order valence-corrected chi connectivity index (χ3v) is 7.15. The molecule has 0 radical (unpaired) electrons.